The van der Waals surface area contributed by atoms with Crippen LogP contribution in [0.1, 0.15) is 52.4 Å². The summed E-state index contributed by atoms with van der Waals surface area (Å²) in [6.07, 6.45) is 7.80. The Labute approximate surface area is 100 Å². The maximum atomic E-state index is 6.01. The Kier molecular flexibility index (Phi) is 3.91. The first-order valence-electron chi connectivity index (χ1n) is 7.02. The maximum absolute atomic E-state index is 6.01. The van der Waals surface area contributed by atoms with Crippen LogP contribution in [-0.4, -0.2) is 25.3 Å². The number of hydrogen-bond donors (Lipinski definition) is 1. The van der Waals surface area contributed by atoms with Gasteiger partial charge >= 0.3 is 0 Å². The molecular formula is C14H27NO. The standard InChI is InChI=1S/C14H27NO/c1-4-11(2)13(15-3)12-6-9-16-14(10-12)7-5-8-14/h11-13,15H,4-10H2,1-3H3. The zero-order chi connectivity index (χ0) is 11.6. The molecule has 16 heavy (non-hydrogen) atoms. The first-order valence-corrected chi connectivity index (χ1v) is 7.02. The molecule has 1 saturated heterocycles. The van der Waals surface area contributed by atoms with E-state index >= 15 is 0 Å². The average molecular weight is 225 g/mol. The van der Waals surface area contributed by atoms with E-state index in [0.29, 0.717) is 11.6 Å². The van der Waals surface area contributed by atoms with Gasteiger partial charge in [0.05, 0.1) is 5.60 Å². The molecule has 0 aromatic carbocycles. The van der Waals surface area contributed by atoms with Gasteiger partial charge in [-0.2, -0.15) is 0 Å². The van der Waals surface area contributed by atoms with Crippen molar-refractivity contribution < 1.29 is 4.74 Å². The third-order valence-corrected chi connectivity index (χ3v) is 4.89. The molecule has 1 saturated carbocycles. The molecule has 2 aliphatic rings. The Hall–Kier alpha value is -0.0800. The monoisotopic (exact) mass is 225 g/mol. The van der Waals surface area contributed by atoms with Crippen molar-refractivity contribution in [2.45, 2.75) is 64.0 Å². The summed E-state index contributed by atoms with van der Waals surface area (Å²) in [6, 6.07) is 0.686. The third kappa shape index (κ3) is 2.28. The average Bonchev–Trinajstić information content (AvgIpc) is 2.28. The summed E-state index contributed by atoms with van der Waals surface area (Å²) < 4.78 is 6.01. The zero-order valence-electron chi connectivity index (χ0n) is 11.1. The topological polar surface area (TPSA) is 21.3 Å². The summed E-state index contributed by atoms with van der Waals surface area (Å²) in [5.74, 6) is 1.61. The van der Waals surface area contributed by atoms with Gasteiger partial charge in [-0.1, -0.05) is 20.3 Å². The van der Waals surface area contributed by atoms with Crippen molar-refractivity contribution in [2.24, 2.45) is 11.8 Å². The van der Waals surface area contributed by atoms with Crippen LogP contribution in [-0.2, 0) is 4.74 Å². The summed E-state index contributed by atoms with van der Waals surface area (Å²) in [5, 5.41) is 3.55. The molecule has 0 bridgehead atoms. The Morgan fingerprint density at radius 1 is 1.44 bits per heavy atom. The minimum Gasteiger partial charge on any atom is -0.375 e. The lowest BCUT2D eigenvalue weighted by Crippen LogP contribution is -2.51. The van der Waals surface area contributed by atoms with Crippen LogP contribution in [0.15, 0.2) is 0 Å². The molecule has 2 nitrogen and oxygen atoms in total. The number of hydrogen-bond acceptors (Lipinski definition) is 2. The van der Waals surface area contributed by atoms with E-state index in [2.05, 4.69) is 26.2 Å². The molecule has 0 amide bonds. The van der Waals surface area contributed by atoms with Crippen LogP contribution in [0, 0.1) is 11.8 Å². The predicted molar refractivity (Wildman–Crippen MR) is 67.6 cm³/mol. The number of rotatable bonds is 4. The zero-order valence-corrected chi connectivity index (χ0v) is 11.1. The second-order valence-electron chi connectivity index (χ2n) is 5.84. The minimum absolute atomic E-state index is 0.297. The second kappa shape index (κ2) is 5.05. The number of ether oxygens (including phenoxy) is 1. The molecular weight excluding hydrogens is 198 g/mol. The molecule has 2 rings (SSSR count). The van der Waals surface area contributed by atoms with E-state index < -0.39 is 0 Å². The molecule has 2 fully saturated rings. The van der Waals surface area contributed by atoms with E-state index in [1.165, 1.54) is 38.5 Å². The quantitative estimate of drug-likeness (QED) is 0.794. The summed E-state index contributed by atoms with van der Waals surface area (Å²) in [6.45, 7) is 5.66. The van der Waals surface area contributed by atoms with Gasteiger partial charge in [0.2, 0.25) is 0 Å². The van der Waals surface area contributed by atoms with E-state index in [-0.39, 0.29) is 0 Å². The predicted octanol–water partition coefficient (Wildman–Crippen LogP) is 2.97. The van der Waals surface area contributed by atoms with Crippen LogP contribution in [0.5, 0.6) is 0 Å². The van der Waals surface area contributed by atoms with Crippen molar-refractivity contribution in [2.75, 3.05) is 13.7 Å². The highest BCUT2D eigenvalue weighted by Gasteiger charge is 2.44. The van der Waals surface area contributed by atoms with Crippen LogP contribution in [0.4, 0.5) is 0 Å². The van der Waals surface area contributed by atoms with Crippen LogP contribution in [0.2, 0.25) is 0 Å². The van der Waals surface area contributed by atoms with Gasteiger partial charge in [0.15, 0.2) is 0 Å². The van der Waals surface area contributed by atoms with Gasteiger partial charge in [-0.25, -0.2) is 0 Å². The Morgan fingerprint density at radius 2 is 2.19 bits per heavy atom. The highest BCUT2D eigenvalue weighted by Crippen LogP contribution is 2.45. The second-order valence-corrected chi connectivity index (χ2v) is 5.84. The maximum Gasteiger partial charge on any atom is 0.0685 e. The van der Waals surface area contributed by atoms with Crippen molar-refractivity contribution in [3.8, 4) is 0 Å². The van der Waals surface area contributed by atoms with Gasteiger partial charge < -0.3 is 10.1 Å². The summed E-state index contributed by atoms with van der Waals surface area (Å²) >= 11 is 0. The summed E-state index contributed by atoms with van der Waals surface area (Å²) in [7, 11) is 2.12. The van der Waals surface area contributed by atoms with E-state index in [4.69, 9.17) is 4.74 Å². The lowest BCUT2D eigenvalue weighted by molar-refractivity contribution is -0.148. The van der Waals surface area contributed by atoms with Crippen molar-refractivity contribution >= 4 is 0 Å². The molecule has 3 unspecified atom stereocenters. The van der Waals surface area contributed by atoms with Gasteiger partial charge in [-0.15, -0.1) is 0 Å². The highest BCUT2D eigenvalue weighted by molar-refractivity contribution is 4.97. The normalized spacial score (nSPS) is 32.1. The van der Waals surface area contributed by atoms with Crippen molar-refractivity contribution in [3.05, 3.63) is 0 Å². The third-order valence-electron chi connectivity index (χ3n) is 4.89. The van der Waals surface area contributed by atoms with Crippen LogP contribution in [0.25, 0.3) is 0 Å². The molecule has 1 aliphatic heterocycles. The van der Waals surface area contributed by atoms with Gasteiger partial charge in [0, 0.05) is 12.6 Å². The molecule has 0 aromatic heterocycles. The van der Waals surface area contributed by atoms with Gasteiger partial charge in [-0.05, 0) is 51.0 Å². The Balaban J connectivity index is 1.96. The smallest absolute Gasteiger partial charge is 0.0685 e. The Morgan fingerprint density at radius 3 is 2.69 bits per heavy atom. The minimum atomic E-state index is 0.297. The molecule has 94 valence electrons. The fourth-order valence-corrected chi connectivity index (χ4v) is 3.53. The summed E-state index contributed by atoms with van der Waals surface area (Å²) in [4.78, 5) is 0. The highest BCUT2D eigenvalue weighted by atomic mass is 16.5. The lowest BCUT2D eigenvalue weighted by Gasteiger charge is -2.49. The largest absolute Gasteiger partial charge is 0.375 e. The van der Waals surface area contributed by atoms with E-state index in [9.17, 15) is 0 Å². The summed E-state index contributed by atoms with van der Waals surface area (Å²) in [5.41, 5.74) is 0.297. The first-order chi connectivity index (χ1) is 7.71. The molecule has 0 aromatic rings. The van der Waals surface area contributed by atoms with Gasteiger partial charge in [0.25, 0.3) is 0 Å². The number of nitrogens with one attached hydrogen (secondary N) is 1. The van der Waals surface area contributed by atoms with Crippen molar-refractivity contribution in [1.29, 1.82) is 0 Å². The lowest BCUT2D eigenvalue weighted by atomic mass is 9.69. The molecule has 0 radical (unpaired) electrons. The molecule has 1 aliphatic carbocycles. The molecule has 1 N–H and O–H groups in total. The fraction of sp³-hybridized carbons (Fsp3) is 1.00. The molecule has 2 heteroatoms. The van der Waals surface area contributed by atoms with E-state index in [1.807, 2.05) is 0 Å². The first kappa shape index (κ1) is 12.4. The van der Waals surface area contributed by atoms with Gasteiger partial charge in [0.1, 0.15) is 0 Å². The van der Waals surface area contributed by atoms with Crippen molar-refractivity contribution in [1.82, 2.24) is 5.32 Å². The van der Waals surface area contributed by atoms with Gasteiger partial charge in [-0.3, -0.25) is 0 Å². The molecule has 1 heterocycles. The van der Waals surface area contributed by atoms with E-state index in [1.54, 1.807) is 0 Å². The van der Waals surface area contributed by atoms with E-state index in [0.717, 1.165) is 18.4 Å². The fourth-order valence-electron chi connectivity index (χ4n) is 3.53. The van der Waals surface area contributed by atoms with Crippen LogP contribution in [0.3, 0.4) is 0 Å². The molecule has 3 atom stereocenters. The SMILES string of the molecule is CCC(C)C(NC)C1CCOC2(CCC2)C1. The Bertz CT molecular complexity index is 225. The van der Waals surface area contributed by atoms with Crippen molar-refractivity contribution in [3.63, 3.8) is 0 Å². The van der Waals surface area contributed by atoms with Crippen LogP contribution < -0.4 is 5.32 Å². The molecule has 1 spiro atoms. The van der Waals surface area contributed by atoms with Crippen LogP contribution >= 0.6 is 0 Å².